The fourth-order valence-corrected chi connectivity index (χ4v) is 1.17. The summed E-state index contributed by atoms with van der Waals surface area (Å²) in [6.07, 6.45) is 7.44. The molecule has 2 aromatic heterocycles. The molecule has 0 aliphatic rings. The van der Waals surface area contributed by atoms with Crippen LogP contribution in [0, 0.1) is 28.7 Å². The number of hydrogen-bond acceptors (Lipinski definition) is 0. The number of aryl methyl sites for hydroxylation is 4. The van der Waals surface area contributed by atoms with Gasteiger partial charge in [-0.25, -0.2) is 0 Å². The predicted molar refractivity (Wildman–Crippen MR) is 123 cm³/mol. The fourth-order valence-electron chi connectivity index (χ4n) is 1.17. The molecule has 0 unspecified atom stereocenters. The first-order valence-electron chi connectivity index (χ1n) is 7.58. The number of hydrogen-bond donors (Lipinski definition) is 0. The molecule has 0 atom stereocenters. The molecule has 0 saturated heterocycles. The molecule has 26 heavy (non-hydrogen) atoms. The van der Waals surface area contributed by atoms with Crippen molar-refractivity contribution in [2.24, 2.45) is 14.1 Å². The van der Waals surface area contributed by atoms with Gasteiger partial charge in [-0.05, 0) is 37.1 Å². The molecule has 0 bridgehead atoms. The molecule has 0 aromatic carbocycles. The van der Waals surface area contributed by atoms with Gasteiger partial charge in [0.2, 0.25) is 0 Å². The van der Waals surface area contributed by atoms with Crippen molar-refractivity contribution in [3.63, 3.8) is 0 Å². The summed E-state index contributed by atoms with van der Waals surface area (Å²) in [6.45, 7) is 11.9. The Morgan fingerprint density at radius 2 is 0.846 bits per heavy atom. The van der Waals surface area contributed by atoms with E-state index >= 15 is 0 Å². The van der Waals surface area contributed by atoms with Crippen LogP contribution in [0.15, 0.2) is 36.9 Å². The number of rotatable bonds is 0. The van der Waals surface area contributed by atoms with Crippen molar-refractivity contribution < 1.29 is 68.2 Å². The van der Waals surface area contributed by atoms with Gasteiger partial charge in [0.25, 0.3) is 0 Å². The van der Waals surface area contributed by atoms with Crippen LogP contribution in [-0.2, 0) is 79.5 Å². The minimum Gasteiger partial charge on any atom is -0.358 e. The van der Waals surface area contributed by atoms with Crippen LogP contribution < -0.4 is 0 Å². The second kappa shape index (κ2) is 44.9. The molecule has 0 aliphatic carbocycles. The second-order valence-electron chi connectivity index (χ2n) is 3.50. The van der Waals surface area contributed by atoms with E-state index in [-0.39, 0.29) is 110 Å². The van der Waals surface area contributed by atoms with Crippen molar-refractivity contribution in [2.75, 3.05) is 0 Å². The Bertz CT molecular complexity index is 400. The first-order valence-corrected chi connectivity index (χ1v) is 6.58. The van der Waals surface area contributed by atoms with E-state index in [2.05, 4.69) is 0 Å². The smallest absolute Gasteiger partial charge is 0.0642 e. The molecular formula is C22H52N2Y2-2. The van der Waals surface area contributed by atoms with Gasteiger partial charge in [0, 0.05) is 104 Å². The molecule has 4 heteroatoms. The van der Waals surface area contributed by atoms with E-state index in [1.165, 1.54) is 0 Å². The van der Waals surface area contributed by atoms with E-state index in [1.54, 1.807) is 12.4 Å². The summed E-state index contributed by atoms with van der Waals surface area (Å²) in [5, 5.41) is 0. The van der Waals surface area contributed by atoms with Gasteiger partial charge in [-0.15, -0.1) is 0 Å². The van der Waals surface area contributed by atoms with Gasteiger partial charge in [-0.1, -0.05) is 57.4 Å². The van der Waals surface area contributed by atoms with Crippen molar-refractivity contribution in [3.05, 3.63) is 62.9 Å². The van der Waals surface area contributed by atoms with Crippen molar-refractivity contribution in [1.29, 1.82) is 0 Å². The minimum absolute atomic E-state index is 0. The Morgan fingerprint density at radius 1 is 0.654 bits per heavy atom. The van der Waals surface area contributed by atoms with Crippen molar-refractivity contribution >= 4 is 0 Å². The summed E-state index contributed by atoms with van der Waals surface area (Å²) >= 11 is 0. The molecule has 0 fully saturated rings. The fraction of sp³-hybridized carbons (Fsp3) is 0.545. The zero-order valence-electron chi connectivity index (χ0n) is 18.4. The summed E-state index contributed by atoms with van der Waals surface area (Å²) in [5.74, 6) is 0. The van der Waals surface area contributed by atoms with Gasteiger partial charge in [0.05, 0.1) is 2.74 Å². The molecule has 0 spiro atoms. The van der Waals surface area contributed by atoms with Crippen molar-refractivity contribution in [2.45, 2.75) is 71.2 Å². The van der Waals surface area contributed by atoms with E-state index in [0.717, 1.165) is 11.1 Å². The van der Waals surface area contributed by atoms with Crippen molar-refractivity contribution in [1.82, 2.24) is 9.13 Å². The first-order chi connectivity index (χ1) is 9.40. The standard InChI is InChI=1S/2C6H9N.2C2H6.4CH4.2CH3.2Y/c2*1-6-3-4-7(2)5-6;2*1-2;;;;;;;;/h2*3-5H,1-2H3;2*1-2H3;4*1H4;2*1H3;;/q;;;;;;;;2*-1;;/i2*3T;;;;;;;;;;. The summed E-state index contributed by atoms with van der Waals surface area (Å²) in [6, 6.07) is 1.24. The molecule has 2 aromatic rings. The van der Waals surface area contributed by atoms with Gasteiger partial charge in [0.15, 0.2) is 0 Å². The van der Waals surface area contributed by atoms with E-state index < -0.39 is 0 Å². The van der Waals surface area contributed by atoms with Crippen LogP contribution in [0.5, 0.6) is 0 Å². The monoisotopic (exact) mass is 526 g/mol. The summed E-state index contributed by atoms with van der Waals surface area (Å²) in [4.78, 5) is 0. The minimum atomic E-state index is 0. The van der Waals surface area contributed by atoms with E-state index in [0.29, 0.717) is 12.1 Å². The van der Waals surface area contributed by atoms with Gasteiger partial charge in [0.1, 0.15) is 0 Å². The molecule has 2 nitrogen and oxygen atoms in total. The Morgan fingerprint density at radius 3 is 0.885 bits per heavy atom. The summed E-state index contributed by atoms with van der Waals surface area (Å²) < 4.78 is 18.2. The molecule has 0 saturated carbocycles. The topological polar surface area (TPSA) is 9.86 Å². The zero-order valence-corrected chi connectivity index (χ0v) is 22.0. The van der Waals surface area contributed by atoms with Crippen LogP contribution in [0.3, 0.4) is 0 Å². The molecule has 2 radical (unpaired) electrons. The molecular weight excluding hydrogens is 470 g/mol. The molecule has 158 valence electrons. The summed E-state index contributed by atoms with van der Waals surface area (Å²) in [7, 11) is 3.84. The van der Waals surface area contributed by atoms with Crippen LogP contribution in [0.1, 0.15) is 71.3 Å². The van der Waals surface area contributed by atoms with Crippen LogP contribution in [0.4, 0.5) is 0 Å². The van der Waals surface area contributed by atoms with Gasteiger partial charge >= 0.3 is 0 Å². The molecule has 2 rings (SSSR count). The Balaban J connectivity index is -0.0000000197. The predicted octanol–water partition coefficient (Wildman–Crippen LogP) is 8.16. The van der Waals surface area contributed by atoms with Crippen molar-refractivity contribution in [3.8, 4) is 0 Å². The quantitative estimate of drug-likeness (QED) is 0.307. The number of aromatic nitrogens is 2. The van der Waals surface area contributed by atoms with E-state index in [9.17, 15) is 0 Å². The van der Waals surface area contributed by atoms with Crippen LogP contribution >= 0.6 is 0 Å². The van der Waals surface area contributed by atoms with E-state index in [1.807, 2.05) is 77.2 Å². The number of nitrogens with zero attached hydrogens (tertiary/aromatic N) is 2. The maximum Gasteiger partial charge on any atom is 0.0642 e. The molecule has 0 aliphatic heterocycles. The third kappa shape index (κ3) is 39.7. The average Bonchev–Trinajstić information content (AvgIpc) is 2.87. The maximum absolute atomic E-state index is 7.22. The van der Waals surface area contributed by atoms with E-state index in [4.69, 9.17) is 2.74 Å². The summed E-state index contributed by atoms with van der Waals surface area (Å²) in [5.41, 5.74) is 2.07. The van der Waals surface area contributed by atoms with Crippen LogP contribution in [0.2, 0.25) is 0 Å². The van der Waals surface area contributed by atoms with Crippen LogP contribution in [0.25, 0.3) is 0 Å². The zero-order chi connectivity index (χ0) is 16.3. The van der Waals surface area contributed by atoms with Gasteiger partial charge < -0.3 is 24.0 Å². The Kier molecular flexibility index (Phi) is 87.1. The molecule has 2 heterocycles. The Hall–Kier alpha value is 0.768. The molecule has 0 N–H and O–H groups in total. The third-order valence-electron chi connectivity index (χ3n) is 1.79. The normalized spacial score (nSPS) is 6.62. The largest absolute Gasteiger partial charge is 0.358 e. The Labute approximate surface area is 223 Å². The SMILES string of the molecule is C.C.C.C.CC.CC.[3H]c1cn(C)cc1C.[3H]c1cn(C)cc1C.[CH3-].[CH3-].[Y].[Y]. The molecule has 0 amide bonds. The maximum atomic E-state index is 7.22. The second-order valence-corrected chi connectivity index (χ2v) is 3.50. The van der Waals surface area contributed by atoms with Crippen LogP contribution in [-0.4, -0.2) is 9.13 Å². The average molecular weight is 527 g/mol. The third-order valence-corrected chi connectivity index (χ3v) is 1.79. The first kappa shape index (κ1) is 50.5. The van der Waals surface area contributed by atoms with Gasteiger partial charge in [-0.3, -0.25) is 0 Å². The van der Waals surface area contributed by atoms with Gasteiger partial charge in [-0.2, -0.15) is 0 Å².